The molecule has 0 bridgehead atoms. The van der Waals surface area contributed by atoms with Crippen molar-refractivity contribution in [2.75, 3.05) is 26.3 Å². The zero-order valence-corrected chi connectivity index (χ0v) is 20.5. The fraction of sp³-hybridized carbons (Fsp3) is 0.323. The van der Waals surface area contributed by atoms with Gasteiger partial charge in [-0.25, -0.2) is 0 Å². The molecule has 1 heterocycles. The largest absolute Gasteiger partial charge is 0.508 e. The van der Waals surface area contributed by atoms with Crippen molar-refractivity contribution < 1.29 is 19.0 Å². The molecule has 186 valence electrons. The van der Waals surface area contributed by atoms with Crippen molar-refractivity contribution in [3.8, 4) is 11.5 Å². The topological polar surface area (TPSA) is 49.8 Å². The van der Waals surface area contributed by atoms with E-state index >= 15 is 0 Å². The van der Waals surface area contributed by atoms with Crippen molar-refractivity contribution in [3.63, 3.8) is 0 Å². The quantitative estimate of drug-likeness (QED) is 0.380. The molecule has 3 aromatic carbocycles. The molecule has 0 radical (unpaired) electrons. The number of aryl methyl sites for hydroxylation is 1. The average molecular weight is 486 g/mol. The number of phenolic OH excluding ortho intramolecular Hbond substituents is 1. The molecule has 0 aromatic heterocycles. The lowest BCUT2D eigenvalue weighted by Gasteiger charge is -2.19. The summed E-state index contributed by atoms with van der Waals surface area (Å²) in [6.45, 7) is 2.30. The second-order valence-corrected chi connectivity index (χ2v) is 9.68. The number of allylic oxidation sites excluding steroid dienone is 1. The molecule has 1 aliphatic carbocycles. The molecule has 0 saturated carbocycles. The number of ether oxygens (including phenoxy) is 1. The van der Waals surface area contributed by atoms with Gasteiger partial charge in [-0.05, 0) is 95.8 Å². The summed E-state index contributed by atoms with van der Waals surface area (Å²) in [6.07, 6.45) is 5.36. The summed E-state index contributed by atoms with van der Waals surface area (Å²) in [5.74, 6) is 1.09. The summed E-state index contributed by atoms with van der Waals surface area (Å²) in [7, 11) is 0. The van der Waals surface area contributed by atoms with Crippen LogP contribution < -0.4 is 4.74 Å². The summed E-state index contributed by atoms with van der Waals surface area (Å²) in [5, 5.41) is 9.83. The molecule has 5 rings (SSSR count). The fourth-order valence-corrected chi connectivity index (χ4v) is 5.43. The first-order valence-corrected chi connectivity index (χ1v) is 12.8. The number of phenols is 1. The zero-order valence-electron chi connectivity index (χ0n) is 20.5. The van der Waals surface area contributed by atoms with Gasteiger partial charge in [0.25, 0.3) is 0 Å². The lowest BCUT2D eigenvalue weighted by molar-refractivity contribution is 0.112. The highest BCUT2D eigenvalue weighted by molar-refractivity contribution is 6.00. The van der Waals surface area contributed by atoms with Crippen molar-refractivity contribution in [1.29, 1.82) is 0 Å². The van der Waals surface area contributed by atoms with E-state index in [9.17, 15) is 14.3 Å². The number of hydrogen-bond donors (Lipinski definition) is 1. The van der Waals surface area contributed by atoms with E-state index in [1.54, 1.807) is 12.1 Å². The number of aldehydes is 1. The number of nitrogens with zero attached hydrogens (tertiary/aromatic N) is 1. The number of carbonyl (C=O) groups is 1. The minimum absolute atomic E-state index is 0.127. The minimum Gasteiger partial charge on any atom is -0.508 e. The number of fused-ring (bicyclic) bond motifs is 1. The molecule has 1 unspecified atom stereocenters. The van der Waals surface area contributed by atoms with Gasteiger partial charge in [0.2, 0.25) is 0 Å². The van der Waals surface area contributed by atoms with Crippen LogP contribution in [-0.2, 0) is 6.42 Å². The van der Waals surface area contributed by atoms with Gasteiger partial charge in [0.15, 0.2) is 0 Å². The summed E-state index contributed by atoms with van der Waals surface area (Å²) in [5.41, 5.74) is 7.62. The molecule has 1 atom stereocenters. The Balaban J connectivity index is 1.47. The molecule has 0 amide bonds. The molecule has 5 heteroatoms. The Hall–Kier alpha value is -3.44. The van der Waals surface area contributed by atoms with Crippen LogP contribution in [0.1, 0.15) is 58.3 Å². The SMILES string of the molecule is O=Cc1ccc2c(c1)CCCC(c1ccc(O)cc1)=C2c1ccc(OC2CCN(CCCF)C2)cc1. The monoisotopic (exact) mass is 485 g/mol. The maximum atomic E-state index is 12.5. The zero-order chi connectivity index (χ0) is 24.9. The van der Waals surface area contributed by atoms with Crippen LogP contribution in [0.3, 0.4) is 0 Å². The molecule has 4 nitrogen and oxygen atoms in total. The van der Waals surface area contributed by atoms with Crippen molar-refractivity contribution >= 4 is 17.4 Å². The molecule has 1 N–H and O–H groups in total. The van der Waals surface area contributed by atoms with E-state index in [0.29, 0.717) is 12.0 Å². The lowest BCUT2D eigenvalue weighted by atomic mass is 9.87. The second-order valence-electron chi connectivity index (χ2n) is 9.68. The van der Waals surface area contributed by atoms with Crippen molar-refractivity contribution in [3.05, 3.63) is 94.5 Å². The van der Waals surface area contributed by atoms with Crippen LogP contribution in [0.4, 0.5) is 4.39 Å². The first kappa shape index (κ1) is 24.3. The minimum atomic E-state index is -0.273. The highest BCUT2D eigenvalue weighted by Crippen LogP contribution is 2.40. The van der Waals surface area contributed by atoms with Crippen molar-refractivity contribution in [2.45, 2.75) is 38.2 Å². The Kier molecular flexibility index (Phi) is 7.47. The smallest absolute Gasteiger partial charge is 0.150 e. The van der Waals surface area contributed by atoms with E-state index < -0.39 is 0 Å². The first-order chi connectivity index (χ1) is 17.6. The Bertz CT molecular complexity index is 1230. The van der Waals surface area contributed by atoms with Gasteiger partial charge in [-0.3, -0.25) is 14.1 Å². The van der Waals surface area contributed by atoms with Gasteiger partial charge >= 0.3 is 0 Å². The van der Waals surface area contributed by atoms with Crippen LogP contribution in [0.25, 0.3) is 11.1 Å². The molecule has 1 saturated heterocycles. The van der Waals surface area contributed by atoms with Gasteiger partial charge in [-0.1, -0.05) is 36.4 Å². The molecule has 0 spiro atoms. The number of hydrogen-bond acceptors (Lipinski definition) is 4. The number of likely N-dealkylation sites (tertiary alicyclic amines) is 1. The maximum Gasteiger partial charge on any atom is 0.150 e. The predicted octanol–water partition coefficient (Wildman–Crippen LogP) is 6.31. The van der Waals surface area contributed by atoms with E-state index in [4.69, 9.17) is 4.74 Å². The van der Waals surface area contributed by atoms with E-state index in [1.807, 2.05) is 36.4 Å². The number of halogens is 1. The van der Waals surface area contributed by atoms with Gasteiger partial charge in [-0.2, -0.15) is 0 Å². The summed E-state index contributed by atoms with van der Waals surface area (Å²) >= 11 is 0. The summed E-state index contributed by atoms with van der Waals surface area (Å²) in [6, 6.07) is 21.7. The van der Waals surface area contributed by atoms with Gasteiger partial charge in [0, 0.05) is 25.2 Å². The Morgan fingerprint density at radius 1 is 1.00 bits per heavy atom. The van der Waals surface area contributed by atoms with Crippen LogP contribution in [0.2, 0.25) is 0 Å². The molecular formula is C31H32FNO3. The fourth-order valence-electron chi connectivity index (χ4n) is 5.43. The van der Waals surface area contributed by atoms with E-state index in [-0.39, 0.29) is 18.5 Å². The average Bonchev–Trinajstić information content (AvgIpc) is 3.26. The van der Waals surface area contributed by atoms with E-state index in [0.717, 1.165) is 79.6 Å². The van der Waals surface area contributed by atoms with Gasteiger partial charge < -0.3 is 9.84 Å². The summed E-state index contributed by atoms with van der Waals surface area (Å²) in [4.78, 5) is 13.7. The molecular weight excluding hydrogens is 453 g/mol. The van der Waals surface area contributed by atoms with Gasteiger partial charge in [0.1, 0.15) is 23.9 Å². The van der Waals surface area contributed by atoms with Crippen LogP contribution >= 0.6 is 0 Å². The number of aromatic hydroxyl groups is 1. The Morgan fingerprint density at radius 2 is 1.78 bits per heavy atom. The number of rotatable bonds is 8. The van der Waals surface area contributed by atoms with Crippen LogP contribution in [0.5, 0.6) is 11.5 Å². The number of carbonyl (C=O) groups excluding carboxylic acids is 1. The van der Waals surface area contributed by atoms with Gasteiger partial charge in [-0.15, -0.1) is 0 Å². The third-order valence-electron chi connectivity index (χ3n) is 7.21. The predicted molar refractivity (Wildman–Crippen MR) is 141 cm³/mol. The standard InChI is InChI=1S/C31H32FNO3/c32-16-2-17-33-18-15-28(20-33)36-27-12-8-24(9-13-27)31-29(23-6-10-26(35)11-7-23)4-1-3-25-19-22(21-34)5-14-30(25)31/h5-14,19,21,28,35H,1-4,15-18,20H2. The molecule has 2 aliphatic rings. The van der Waals surface area contributed by atoms with Crippen LogP contribution in [0.15, 0.2) is 66.7 Å². The highest BCUT2D eigenvalue weighted by Gasteiger charge is 2.24. The molecule has 36 heavy (non-hydrogen) atoms. The highest BCUT2D eigenvalue weighted by atomic mass is 19.1. The van der Waals surface area contributed by atoms with Crippen molar-refractivity contribution in [2.24, 2.45) is 0 Å². The van der Waals surface area contributed by atoms with Crippen molar-refractivity contribution in [1.82, 2.24) is 4.90 Å². The van der Waals surface area contributed by atoms with E-state index in [2.05, 4.69) is 23.1 Å². The van der Waals surface area contributed by atoms with Crippen LogP contribution in [-0.4, -0.2) is 48.7 Å². The number of alkyl halides is 1. The van der Waals surface area contributed by atoms with Gasteiger partial charge in [0.05, 0.1) is 6.67 Å². The van der Waals surface area contributed by atoms with Crippen LogP contribution in [0, 0.1) is 0 Å². The molecule has 1 fully saturated rings. The summed E-state index contributed by atoms with van der Waals surface area (Å²) < 4.78 is 18.8. The third kappa shape index (κ3) is 5.36. The molecule has 3 aromatic rings. The lowest BCUT2D eigenvalue weighted by Crippen LogP contribution is -2.26. The Labute approximate surface area is 212 Å². The first-order valence-electron chi connectivity index (χ1n) is 12.8. The maximum absolute atomic E-state index is 12.5. The second kappa shape index (κ2) is 11.1. The van der Waals surface area contributed by atoms with E-state index in [1.165, 1.54) is 11.1 Å². The Morgan fingerprint density at radius 3 is 2.53 bits per heavy atom. The number of benzene rings is 3. The third-order valence-corrected chi connectivity index (χ3v) is 7.21. The molecule has 1 aliphatic heterocycles. The normalized spacial score (nSPS) is 18.1.